The van der Waals surface area contributed by atoms with Gasteiger partial charge in [0.2, 0.25) is 11.4 Å². The van der Waals surface area contributed by atoms with Gasteiger partial charge >= 0.3 is 0 Å². The van der Waals surface area contributed by atoms with Crippen LogP contribution in [0.1, 0.15) is 16.8 Å². The average Bonchev–Trinajstić information content (AvgIpc) is 3.32. The normalized spacial score (nSPS) is 14.3. The maximum Gasteiger partial charge on any atom is 0.239 e. The van der Waals surface area contributed by atoms with Crippen LogP contribution in [0, 0.1) is 6.92 Å². The number of aryl methyl sites for hydroxylation is 1. The first-order valence-corrected chi connectivity index (χ1v) is 11.2. The zero-order chi connectivity index (χ0) is 22.4. The van der Waals surface area contributed by atoms with Gasteiger partial charge in [0.25, 0.3) is 0 Å². The summed E-state index contributed by atoms with van der Waals surface area (Å²) in [4.78, 5) is 5.45. The minimum absolute atomic E-state index is 1.01. The molecule has 0 unspecified atom stereocenters. The molecule has 0 amide bonds. The Morgan fingerprint density at radius 1 is 0.697 bits per heavy atom. The first-order valence-electron chi connectivity index (χ1n) is 11.2. The van der Waals surface area contributed by atoms with Crippen LogP contribution in [-0.2, 0) is 0 Å². The predicted molar refractivity (Wildman–Crippen MR) is 137 cm³/mol. The minimum Gasteiger partial charge on any atom is -0.318 e. The third-order valence-corrected chi connectivity index (χ3v) is 6.48. The highest BCUT2D eigenvalue weighted by Crippen LogP contribution is 2.41. The predicted octanol–water partition coefficient (Wildman–Crippen LogP) is 6.81. The lowest BCUT2D eigenvalue weighted by Gasteiger charge is -2.05. The van der Waals surface area contributed by atoms with Gasteiger partial charge in [-0.25, -0.2) is 4.99 Å². The smallest absolute Gasteiger partial charge is 0.239 e. The highest BCUT2D eigenvalue weighted by Gasteiger charge is 2.35. The Hall–Kier alpha value is -4.24. The van der Waals surface area contributed by atoms with Crippen molar-refractivity contribution in [1.82, 2.24) is 4.40 Å². The molecule has 1 aliphatic heterocycles. The van der Waals surface area contributed by atoms with Crippen LogP contribution in [0.15, 0.2) is 114 Å². The minimum atomic E-state index is 1.01. The van der Waals surface area contributed by atoms with Gasteiger partial charge in [0.05, 0.1) is 16.8 Å². The van der Waals surface area contributed by atoms with E-state index in [1.54, 1.807) is 0 Å². The lowest BCUT2D eigenvalue weighted by atomic mass is 10.0. The molecule has 3 aromatic carbocycles. The summed E-state index contributed by atoms with van der Waals surface area (Å²) in [7, 11) is 2.13. The van der Waals surface area contributed by atoms with Gasteiger partial charge in [0.1, 0.15) is 12.8 Å². The molecule has 0 radical (unpaired) electrons. The van der Waals surface area contributed by atoms with E-state index >= 15 is 0 Å². The Bertz CT molecular complexity index is 1550. The maximum atomic E-state index is 5.45. The highest BCUT2D eigenvalue weighted by molar-refractivity contribution is 6.54. The summed E-state index contributed by atoms with van der Waals surface area (Å²) in [6.45, 7) is 2.18. The molecule has 0 aliphatic carbocycles. The zero-order valence-electron chi connectivity index (χ0n) is 18.7. The third kappa shape index (κ3) is 3.05. The molecule has 6 rings (SSSR count). The molecule has 0 N–H and O–H groups in total. The molecule has 3 heteroatoms. The molecule has 0 fully saturated rings. The van der Waals surface area contributed by atoms with Crippen LogP contribution >= 0.6 is 0 Å². The fourth-order valence-corrected chi connectivity index (χ4v) is 4.94. The number of fused-ring (bicyclic) bond motifs is 2. The van der Waals surface area contributed by atoms with E-state index in [1.165, 1.54) is 22.5 Å². The molecule has 0 atom stereocenters. The number of aliphatic imine (C=N–C) groups is 1. The van der Waals surface area contributed by atoms with E-state index in [-0.39, 0.29) is 0 Å². The Labute approximate surface area is 193 Å². The summed E-state index contributed by atoms with van der Waals surface area (Å²) in [6, 6.07) is 36.0. The first-order chi connectivity index (χ1) is 16.2. The van der Waals surface area contributed by atoms with Gasteiger partial charge in [-0.05, 0) is 42.8 Å². The number of para-hydroxylation sites is 1. The van der Waals surface area contributed by atoms with Crippen LogP contribution < -0.4 is 0 Å². The second kappa shape index (κ2) is 7.72. The van der Waals surface area contributed by atoms with Gasteiger partial charge in [-0.1, -0.05) is 66.7 Å². The fourth-order valence-electron chi connectivity index (χ4n) is 4.94. The van der Waals surface area contributed by atoms with Gasteiger partial charge in [0.15, 0.2) is 0 Å². The van der Waals surface area contributed by atoms with E-state index in [9.17, 15) is 0 Å². The molecule has 3 nitrogen and oxygen atoms in total. The second-order valence-electron chi connectivity index (χ2n) is 8.38. The molecular formula is C30H24N3+. The Balaban J connectivity index is 1.69. The van der Waals surface area contributed by atoms with E-state index in [4.69, 9.17) is 4.99 Å². The molecule has 5 aromatic rings. The van der Waals surface area contributed by atoms with Crippen molar-refractivity contribution in [3.05, 3.63) is 126 Å². The Kier molecular flexibility index (Phi) is 4.55. The van der Waals surface area contributed by atoms with Crippen LogP contribution in [0.3, 0.4) is 0 Å². The summed E-state index contributed by atoms with van der Waals surface area (Å²) in [5, 5.41) is 0. The van der Waals surface area contributed by atoms with Crippen molar-refractivity contribution in [2.24, 2.45) is 4.99 Å². The number of aromatic nitrogens is 1. The van der Waals surface area contributed by atoms with E-state index in [0.29, 0.717) is 0 Å². The molecule has 0 spiro atoms. The van der Waals surface area contributed by atoms with Crippen LogP contribution in [0.5, 0.6) is 0 Å². The van der Waals surface area contributed by atoms with Crippen molar-refractivity contribution in [1.29, 1.82) is 0 Å². The van der Waals surface area contributed by atoms with Crippen molar-refractivity contribution in [3.8, 4) is 11.1 Å². The topological polar surface area (TPSA) is 19.8 Å². The van der Waals surface area contributed by atoms with Gasteiger partial charge in [-0.15, -0.1) is 0 Å². The van der Waals surface area contributed by atoms with Crippen molar-refractivity contribution in [3.63, 3.8) is 0 Å². The largest absolute Gasteiger partial charge is 0.318 e. The van der Waals surface area contributed by atoms with E-state index in [1.807, 2.05) is 0 Å². The molecule has 0 bridgehead atoms. The number of pyridine rings is 1. The van der Waals surface area contributed by atoms with Crippen molar-refractivity contribution in [2.75, 3.05) is 7.05 Å². The van der Waals surface area contributed by atoms with Gasteiger partial charge in [-0.3, -0.25) is 0 Å². The SMILES string of the molecule is Cc1c(-c2ccccc2)c(N=C2C(c3ccccc3)=[N+](C)c3ccccc32)c2ccccn12. The highest BCUT2D eigenvalue weighted by atomic mass is 15.0. The van der Waals surface area contributed by atoms with Gasteiger partial charge in [-0.2, -0.15) is 4.58 Å². The van der Waals surface area contributed by atoms with Gasteiger partial charge in [0, 0.05) is 29.1 Å². The molecule has 0 saturated carbocycles. The maximum absolute atomic E-state index is 5.45. The van der Waals surface area contributed by atoms with E-state index in [2.05, 4.69) is 132 Å². The molecular weight excluding hydrogens is 402 g/mol. The number of benzene rings is 3. The van der Waals surface area contributed by atoms with Crippen LogP contribution in [0.4, 0.5) is 11.4 Å². The van der Waals surface area contributed by atoms with Crippen LogP contribution in [0.2, 0.25) is 0 Å². The Morgan fingerprint density at radius 3 is 2.09 bits per heavy atom. The number of nitrogens with zero attached hydrogens (tertiary/aromatic N) is 3. The lowest BCUT2D eigenvalue weighted by molar-refractivity contribution is -0.399. The van der Waals surface area contributed by atoms with Crippen molar-refractivity contribution < 1.29 is 4.58 Å². The average molecular weight is 427 g/mol. The lowest BCUT2D eigenvalue weighted by Crippen LogP contribution is -2.18. The van der Waals surface area contributed by atoms with Crippen molar-refractivity contribution in [2.45, 2.75) is 6.92 Å². The number of hydrogen-bond acceptors (Lipinski definition) is 1. The van der Waals surface area contributed by atoms with Crippen LogP contribution in [-0.4, -0.2) is 27.4 Å². The molecule has 33 heavy (non-hydrogen) atoms. The zero-order valence-corrected chi connectivity index (χ0v) is 18.7. The molecule has 0 saturated heterocycles. The monoisotopic (exact) mass is 426 g/mol. The van der Waals surface area contributed by atoms with Crippen LogP contribution in [0.25, 0.3) is 16.6 Å². The third-order valence-electron chi connectivity index (χ3n) is 6.48. The summed E-state index contributed by atoms with van der Waals surface area (Å²) in [6.07, 6.45) is 2.12. The number of rotatable bonds is 3. The standard InChI is InChI=1S/C30H24N3/c1-21-27(22-13-5-3-6-14-22)29(26-19-11-12-20-33(21)26)31-28-24-17-9-10-18-25(24)32(2)30(28)23-15-7-4-8-16-23/h3-20H,1-2H3/q+1. The van der Waals surface area contributed by atoms with Crippen molar-refractivity contribution >= 4 is 28.3 Å². The summed E-state index contributed by atoms with van der Waals surface area (Å²) >= 11 is 0. The first kappa shape index (κ1) is 19.4. The van der Waals surface area contributed by atoms with E-state index in [0.717, 1.165) is 33.8 Å². The summed E-state index contributed by atoms with van der Waals surface area (Å²) in [5.74, 6) is 0. The summed E-state index contributed by atoms with van der Waals surface area (Å²) < 4.78 is 4.51. The molecule has 1 aliphatic rings. The quantitative estimate of drug-likeness (QED) is 0.282. The fraction of sp³-hybridized carbons (Fsp3) is 0.0667. The molecule has 2 aromatic heterocycles. The van der Waals surface area contributed by atoms with E-state index < -0.39 is 0 Å². The molecule has 158 valence electrons. The Morgan fingerprint density at radius 2 is 1.33 bits per heavy atom. The molecule has 3 heterocycles. The second-order valence-corrected chi connectivity index (χ2v) is 8.38. The van der Waals surface area contributed by atoms with Gasteiger partial charge < -0.3 is 4.40 Å². The summed E-state index contributed by atoms with van der Waals surface area (Å²) in [5.41, 5.74) is 11.3. The number of hydrogen-bond donors (Lipinski definition) is 0.